The average molecular weight is 275 g/mol. The number of carbonyl (C=O) groups is 1. The van der Waals surface area contributed by atoms with Gasteiger partial charge in [-0.05, 0) is 11.6 Å². The van der Waals surface area contributed by atoms with E-state index in [2.05, 4.69) is 5.32 Å². The number of carbonyl (C=O) groups excluding carboxylic acids is 1. The van der Waals surface area contributed by atoms with Crippen LogP contribution in [-0.2, 0) is 9.53 Å². The number of benzene rings is 1. The van der Waals surface area contributed by atoms with Gasteiger partial charge in [-0.25, -0.2) is 0 Å². The first-order valence-electron chi connectivity index (χ1n) is 5.72. The molecule has 1 aromatic rings. The summed E-state index contributed by atoms with van der Waals surface area (Å²) in [5.41, 5.74) is 0.190. The van der Waals surface area contributed by atoms with Crippen molar-refractivity contribution < 1.29 is 14.5 Å². The largest absolute Gasteiger partial charge is 0.383 e. The second-order valence-electron chi connectivity index (χ2n) is 3.77. The number of nitro benzene ring substituents is 1. The summed E-state index contributed by atoms with van der Waals surface area (Å²) in [6, 6.07) is 7.46. The van der Waals surface area contributed by atoms with Crippen molar-refractivity contribution in [1.82, 2.24) is 5.32 Å². The predicted octanol–water partition coefficient (Wildman–Crippen LogP) is 1.26. The molecule has 0 aromatic heterocycles. The molecular weight excluding hydrogens is 262 g/mol. The van der Waals surface area contributed by atoms with E-state index in [0.717, 1.165) is 0 Å². The quantitative estimate of drug-likeness (QED) is 0.276. The second-order valence-corrected chi connectivity index (χ2v) is 3.77. The molecule has 0 unspecified atom stereocenters. The monoisotopic (exact) mass is 275 g/mol. The lowest BCUT2D eigenvalue weighted by Gasteiger charge is -2.03. The molecule has 20 heavy (non-hydrogen) atoms. The van der Waals surface area contributed by atoms with E-state index in [9.17, 15) is 14.9 Å². The molecule has 0 fully saturated rings. The van der Waals surface area contributed by atoms with E-state index in [1.165, 1.54) is 31.4 Å². The number of amides is 1. The van der Waals surface area contributed by atoms with Crippen molar-refractivity contribution in [3.8, 4) is 6.07 Å². The van der Waals surface area contributed by atoms with Gasteiger partial charge in [0.05, 0.1) is 11.5 Å². The summed E-state index contributed by atoms with van der Waals surface area (Å²) in [4.78, 5) is 21.8. The van der Waals surface area contributed by atoms with E-state index >= 15 is 0 Å². The highest BCUT2D eigenvalue weighted by Crippen LogP contribution is 2.15. The van der Waals surface area contributed by atoms with Crippen LogP contribution in [-0.4, -0.2) is 31.1 Å². The van der Waals surface area contributed by atoms with Crippen LogP contribution in [0.5, 0.6) is 0 Å². The SMILES string of the molecule is COCCNC(=O)/C(C#N)=C/c1cccc([N+](=O)[O-])c1. The molecule has 0 bridgehead atoms. The number of ether oxygens (including phenoxy) is 1. The summed E-state index contributed by atoms with van der Waals surface area (Å²) < 4.78 is 4.77. The van der Waals surface area contributed by atoms with Crippen molar-refractivity contribution >= 4 is 17.7 Å². The van der Waals surface area contributed by atoms with Gasteiger partial charge in [0, 0.05) is 25.8 Å². The predicted molar refractivity (Wildman–Crippen MR) is 71.6 cm³/mol. The first-order valence-corrected chi connectivity index (χ1v) is 5.72. The minimum atomic E-state index is -0.545. The molecule has 0 aliphatic carbocycles. The van der Waals surface area contributed by atoms with Crippen LogP contribution in [0.3, 0.4) is 0 Å². The first kappa shape index (κ1) is 15.3. The highest BCUT2D eigenvalue weighted by molar-refractivity contribution is 6.01. The lowest BCUT2D eigenvalue weighted by atomic mass is 10.1. The molecule has 0 atom stereocenters. The maximum Gasteiger partial charge on any atom is 0.270 e. The van der Waals surface area contributed by atoms with Gasteiger partial charge >= 0.3 is 0 Å². The Bertz CT molecular complexity index is 575. The lowest BCUT2D eigenvalue weighted by molar-refractivity contribution is -0.384. The summed E-state index contributed by atoms with van der Waals surface area (Å²) in [5, 5.41) is 22.1. The molecule has 0 radical (unpaired) electrons. The van der Waals surface area contributed by atoms with Crippen molar-refractivity contribution in [2.45, 2.75) is 0 Å². The summed E-state index contributed by atoms with van der Waals surface area (Å²) in [5.74, 6) is -0.545. The van der Waals surface area contributed by atoms with E-state index in [0.29, 0.717) is 12.2 Å². The Morgan fingerprint density at radius 3 is 2.95 bits per heavy atom. The van der Waals surface area contributed by atoms with Crippen molar-refractivity contribution in [2.24, 2.45) is 0 Å². The molecule has 1 N–H and O–H groups in total. The molecule has 1 amide bonds. The molecule has 0 spiro atoms. The van der Waals surface area contributed by atoms with Crippen LogP contribution in [0.2, 0.25) is 0 Å². The minimum absolute atomic E-state index is 0.101. The normalized spacial score (nSPS) is 10.7. The van der Waals surface area contributed by atoms with Gasteiger partial charge < -0.3 is 10.1 Å². The number of rotatable bonds is 6. The third kappa shape index (κ3) is 4.51. The summed E-state index contributed by atoms with van der Waals surface area (Å²) in [6.45, 7) is 0.616. The van der Waals surface area contributed by atoms with Gasteiger partial charge in [-0.1, -0.05) is 12.1 Å². The number of nitrogens with one attached hydrogen (secondary N) is 1. The molecule has 7 nitrogen and oxygen atoms in total. The van der Waals surface area contributed by atoms with Crippen LogP contribution in [0.4, 0.5) is 5.69 Å². The molecule has 0 aliphatic rings. The fraction of sp³-hybridized carbons (Fsp3) is 0.231. The van der Waals surface area contributed by atoms with E-state index in [4.69, 9.17) is 10.00 Å². The van der Waals surface area contributed by atoms with Crippen LogP contribution in [0.15, 0.2) is 29.8 Å². The zero-order chi connectivity index (χ0) is 15.0. The van der Waals surface area contributed by atoms with Crippen LogP contribution >= 0.6 is 0 Å². The van der Waals surface area contributed by atoms with Crippen LogP contribution in [0.25, 0.3) is 6.08 Å². The zero-order valence-electron chi connectivity index (χ0n) is 10.8. The Hall–Kier alpha value is -2.72. The Kier molecular flexibility index (Phi) is 5.87. The van der Waals surface area contributed by atoms with Gasteiger partial charge in [-0.15, -0.1) is 0 Å². The fourth-order valence-electron chi connectivity index (χ4n) is 1.41. The molecule has 104 valence electrons. The number of nitro groups is 1. The number of nitrogens with zero attached hydrogens (tertiary/aromatic N) is 2. The molecule has 0 saturated carbocycles. The van der Waals surface area contributed by atoms with E-state index in [1.54, 1.807) is 12.1 Å². The van der Waals surface area contributed by atoms with Crippen molar-refractivity contribution in [3.63, 3.8) is 0 Å². The molecular formula is C13H13N3O4. The second kappa shape index (κ2) is 7.66. The van der Waals surface area contributed by atoms with Gasteiger partial charge in [0.25, 0.3) is 11.6 Å². The standard InChI is InChI=1S/C13H13N3O4/c1-20-6-5-15-13(17)11(9-14)7-10-3-2-4-12(8-10)16(18)19/h2-4,7-8H,5-6H2,1H3,(H,15,17)/b11-7+. The molecule has 0 saturated heterocycles. The van der Waals surface area contributed by atoms with Gasteiger partial charge in [-0.2, -0.15) is 5.26 Å². The van der Waals surface area contributed by atoms with Crippen LogP contribution < -0.4 is 5.32 Å². The summed E-state index contributed by atoms with van der Waals surface area (Å²) in [6.07, 6.45) is 1.30. The summed E-state index contributed by atoms with van der Waals surface area (Å²) in [7, 11) is 1.50. The molecule has 1 aromatic carbocycles. The molecule has 7 heteroatoms. The Balaban J connectivity index is 2.89. The number of hydrogen-bond donors (Lipinski definition) is 1. The number of non-ortho nitro benzene ring substituents is 1. The third-order valence-electron chi connectivity index (χ3n) is 2.35. The molecule has 0 heterocycles. The maximum absolute atomic E-state index is 11.7. The average Bonchev–Trinajstić information content (AvgIpc) is 2.45. The van der Waals surface area contributed by atoms with Gasteiger partial charge in [0.2, 0.25) is 0 Å². The summed E-state index contributed by atoms with van der Waals surface area (Å²) >= 11 is 0. The smallest absolute Gasteiger partial charge is 0.270 e. The van der Waals surface area contributed by atoms with Crippen molar-refractivity contribution in [3.05, 3.63) is 45.5 Å². The maximum atomic E-state index is 11.7. The number of hydrogen-bond acceptors (Lipinski definition) is 5. The van der Waals surface area contributed by atoms with Crippen LogP contribution in [0, 0.1) is 21.4 Å². The topological polar surface area (TPSA) is 105 Å². The Morgan fingerprint density at radius 1 is 1.60 bits per heavy atom. The van der Waals surface area contributed by atoms with E-state index in [-0.39, 0.29) is 17.8 Å². The first-order chi connectivity index (χ1) is 9.58. The highest BCUT2D eigenvalue weighted by Gasteiger charge is 2.10. The fourth-order valence-corrected chi connectivity index (χ4v) is 1.41. The highest BCUT2D eigenvalue weighted by atomic mass is 16.6. The van der Waals surface area contributed by atoms with Gasteiger partial charge in [0.15, 0.2) is 0 Å². The van der Waals surface area contributed by atoms with E-state index in [1.807, 2.05) is 0 Å². The Morgan fingerprint density at radius 2 is 2.35 bits per heavy atom. The molecule has 0 aliphatic heterocycles. The van der Waals surface area contributed by atoms with E-state index < -0.39 is 10.8 Å². The molecule has 1 rings (SSSR count). The van der Waals surface area contributed by atoms with Crippen molar-refractivity contribution in [2.75, 3.05) is 20.3 Å². The van der Waals surface area contributed by atoms with Crippen LogP contribution in [0.1, 0.15) is 5.56 Å². The minimum Gasteiger partial charge on any atom is -0.383 e. The van der Waals surface area contributed by atoms with Gasteiger partial charge in [-0.3, -0.25) is 14.9 Å². The Labute approximate surface area is 115 Å². The van der Waals surface area contributed by atoms with Gasteiger partial charge in [0.1, 0.15) is 11.6 Å². The number of nitriles is 1. The number of methoxy groups -OCH3 is 1. The lowest BCUT2D eigenvalue weighted by Crippen LogP contribution is -2.27. The zero-order valence-corrected chi connectivity index (χ0v) is 10.8. The van der Waals surface area contributed by atoms with Crippen molar-refractivity contribution in [1.29, 1.82) is 5.26 Å². The third-order valence-corrected chi connectivity index (χ3v) is 2.35.